The first-order valence-electron chi connectivity index (χ1n) is 5.94. The number of hydrogen-bond acceptors (Lipinski definition) is 6. The van der Waals surface area contributed by atoms with Gasteiger partial charge in [0, 0.05) is 5.69 Å². The number of anilines is 1. The fourth-order valence-electron chi connectivity index (χ4n) is 1.47. The molecule has 0 bridgehead atoms. The molecule has 0 saturated heterocycles. The van der Waals surface area contributed by atoms with Crippen molar-refractivity contribution in [2.45, 2.75) is 25.2 Å². The number of Topliss-reactive ketones (excluding diaryl/α,β-unsaturated/α-hetero) is 1. The number of rotatable bonds is 7. The summed E-state index contributed by atoms with van der Waals surface area (Å²) in [5.74, 6) is -0.666. The SMILES string of the molecule is Cc1ccc(NCC(=O)[C@H](O)[C@H](O)[C@H](O)CO)cc1. The Balaban J connectivity index is 2.48. The molecule has 0 fully saturated rings. The number of carbonyl (C=O) groups is 1. The van der Waals surface area contributed by atoms with Crippen LogP contribution in [0.3, 0.4) is 0 Å². The molecule has 0 heterocycles. The van der Waals surface area contributed by atoms with Crippen molar-refractivity contribution in [3.63, 3.8) is 0 Å². The molecule has 0 amide bonds. The molecule has 19 heavy (non-hydrogen) atoms. The zero-order valence-electron chi connectivity index (χ0n) is 10.7. The van der Waals surface area contributed by atoms with E-state index in [1.54, 1.807) is 12.1 Å². The van der Waals surface area contributed by atoms with Crippen LogP contribution in [0.1, 0.15) is 5.56 Å². The number of hydrogen-bond donors (Lipinski definition) is 5. The quantitative estimate of drug-likeness (QED) is 0.436. The van der Waals surface area contributed by atoms with E-state index in [9.17, 15) is 15.0 Å². The second kappa shape index (κ2) is 7.20. The summed E-state index contributed by atoms with van der Waals surface area (Å²) in [4.78, 5) is 11.6. The minimum Gasteiger partial charge on any atom is -0.394 e. The number of aryl methyl sites for hydroxylation is 1. The topological polar surface area (TPSA) is 110 Å². The first kappa shape index (κ1) is 15.6. The normalized spacial score (nSPS) is 15.6. The smallest absolute Gasteiger partial charge is 0.182 e. The summed E-state index contributed by atoms with van der Waals surface area (Å²) in [6.07, 6.45) is -4.98. The fourth-order valence-corrected chi connectivity index (χ4v) is 1.47. The maximum Gasteiger partial charge on any atom is 0.182 e. The number of benzene rings is 1. The minimum atomic E-state index is -1.74. The Labute approximate surface area is 111 Å². The molecular weight excluding hydrogens is 250 g/mol. The summed E-state index contributed by atoms with van der Waals surface area (Å²) in [6, 6.07) is 7.31. The summed E-state index contributed by atoms with van der Waals surface area (Å²) in [7, 11) is 0. The van der Waals surface area contributed by atoms with Crippen molar-refractivity contribution < 1.29 is 25.2 Å². The first-order valence-corrected chi connectivity index (χ1v) is 5.94. The van der Waals surface area contributed by atoms with Crippen LogP contribution in [0.2, 0.25) is 0 Å². The summed E-state index contributed by atoms with van der Waals surface area (Å²) in [5.41, 5.74) is 1.79. The van der Waals surface area contributed by atoms with Crippen LogP contribution >= 0.6 is 0 Å². The molecule has 0 aliphatic carbocycles. The number of carbonyl (C=O) groups excluding carboxylic acids is 1. The van der Waals surface area contributed by atoms with Crippen LogP contribution in [0.25, 0.3) is 0 Å². The monoisotopic (exact) mass is 269 g/mol. The van der Waals surface area contributed by atoms with E-state index in [4.69, 9.17) is 10.2 Å². The molecule has 1 rings (SSSR count). The van der Waals surface area contributed by atoms with Gasteiger partial charge in [0.25, 0.3) is 0 Å². The van der Waals surface area contributed by atoms with Gasteiger partial charge in [-0.3, -0.25) is 4.79 Å². The molecular formula is C13H19NO5. The van der Waals surface area contributed by atoms with Crippen LogP contribution in [0.15, 0.2) is 24.3 Å². The molecule has 0 aliphatic rings. The number of nitrogens with one attached hydrogen (secondary N) is 1. The molecule has 6 nitrogen and oxygen atoms in total. The van der Waals surface area contributed by atoms with Crippen molar-refractivity contribution in [2.75, 3.05) is 18.5 Å². The average molecular weight is 269 g/mol. The molecule has 5 N–H and O–H groups in total. The molecule has 1 aromatic carbocycles. The van der Waals surface area contributed by atoms with E-state index in [1.165, 1.54) is 0 Å². The van der Waals surface area contributed by atoms with E-state index < -0.39 is 30.7 Å². The Morgan fingerprint density at radius 3 is 2.32 bits per heavy atom. The van der Waals surface area contributed by atoms with E-state index in [0.29, 0.717) is 5.69 Å². The third kappa shape index (κ3) is 4.60. The lowest BCUT2D eigenvalue weighted by atomic mass is 10.0. The van der Waals surface area contributed by atoms with Crippen LogP contribution < -0.4 is 5.32 Å². The van der Waals surface area contributed by atoms with E-state index in [-0.39, 0.29) is 6.54 Å². The van der Waals surface area contributed by atoms with E-state index in [0.717, 1.165) is 5.56 Å². The van der Waals surface area contributed by atoms with E-state index >= 15 is 0 Å². The van der Waals surface area contributed by atoms with Gasteiger partial charge in [0.1, 0.15) is 18.3 Å². The molecule has 1 aromatic rings. The Bertz CT molecular complexity index is 406. The van der Waals surface area contributed by atoms with Gasteiger partial charge < -0.3 is 25.7 Å². The Morgan fingerprint density at radius 1 is 1.21 bits per heavy atom. The predicted octanol–water partition coefficient (Wildman–Crippen LogP) is -0.949. The largest absolute Gasteiger partial charge is 0.394 e. The third-order valence-electron chi connectivity index (χ3n) is 2.75. The Morgan fingerprint density at radius 2 is 1.79 bits per heavy atom. The van der Waals surface area contributed by atoms with Gasteiger partial charge in [-0.15, -0.1) is 0 Å². The summed E-state index contributed by atoms with van der Waals surface area (Å²) in [6.45, 7) is 1.03. The number of aliphatic hydroxyl groups excluding tert-OH is 4. The van der Waals surface area contributed by atoms with Gasteiger partial charge in [-0.1, -0.05) is 17.7 Å². The van der Waals surface area contributed by atoms with Crippen LogP contribution in [-0.4, -0.2) is 57.7 Å². The Kier molecular flexibility index (Phi) is 5.91. The number of aliphatic hydroxyl groups is 4. The zero-order chi connectivity index (χ0) is 14.4. The van der Waals surface area contributed by atoms with Crippen LogP contribution in [-0.2, 0) is 4.79 Å². The molecule has 6 heteroatoms. The molecule has 0 saturated carbocycles. The lowest BCUT2D eigenvalue weighted by Gasteiger charge is -2.20. The van der Waals surface area contributed by atoms with Gasteiger partial charge in [0.2, 0.25) is 0 Å². The third-order valence-corrected chi connectivity index (χ3v) is 2.75. The van der Waals surface area contributed by atoms with Gasteiger partial charge >= 0.3 is 0 Å². The van der Waals surface area contributed by atoms with Crippen molar-refractivity contribution in [2.24, 2.45) is 0 Å². The molecule has 0 spiro atoms. The van der Waals surface area contributed by atoms with Crippen LogP contribution in [0, 0.1) is 6.92 Å². The highest BCUT2D eigenvalue weighted by Crippen LogP contribution is 2.09. The molecule has 0 aromatic heterocycles. The highest BCUT2D eigenvalue weighted by Gasteiger charge is 2.29. The highest BCUT2D eigenvalue weighted by molar-refractivity contribution is 5.87. The standard InChI is InChI=1S/C13H19NO5/c1-8-2-4-9(5-3-8)14-6-10(16)12(18)13(19)11(17)7-15/h2-5,11-15,17-19H,6-7H2,1H3/t11-,12+,13-/m1/s1. The van der Waals surface area contributed by atoms with Crippen LogP contribution in [0.5, 0.6) is 0 Å². The average Bonchev–Trinajstić information content (AvgIpc) is 2.43. The van der Waals surface area contributed by atoms with Crippen molar-refractivity contribution in [1.82, 2.24) is 0 Å². The predicted molar refractivity (Wildman–Crippen MR) is 69.8 cm³/mol. The highest BCUT2D eigenvalue weighted by atomic mass is 16.4. The van der Waals surface area contributed by atoms with Gasteiger partial charge in [0.05, 0.1) is 13.2 Å². The molecule has 106 valence electrons. The van der Waals surface area contributed by atoms with Crippen molar-refractivity contribution >= 4 is 11.5 Å². The van der Waals surface area contributed by atoms with Crippen molar-refractivity contribution in [1.29, 1.82) is 0 Å². The van der Waals surface area contributed by atoms with E-state index in [2.05, 4.69) is 5.32 Å². The lowest BCUT2D eigenvalue weighted by Crippen LogP contribution is -2.45. The van der Waals surface area contributed by atoms with E-state index in [1.807, 2.05) is 19.1 Å². The summed E-state index contributed by atoms with van der Waals surface area (Å²) in [5, 5.41) is 39.4. The second-order valence-electron chi connectivity index (χ2n) is 4.37. The Hall–Kier alpha value is -1.47. The second-order valence-corrected chi connectivity index (χ2v) is 4.37. The summed E-state index contributed by atoms with van der Waals surface area (Å²) < 4.78 is 0. The molecule has 3 atom stereocenters. The maximum absolute atomic E-state index is 11.6. The molecule has 0 radical (unpaired) electrons. The summed E-state index contributed by atoms with van der Waals surface area (Å²) >= 11 is 0. The zero-order valence-corrected chi connectivity index (χ0v) is 10.7. The fraction of sp³-hybridized carbons (Fsp3) is 0.462. The van der Waals surface area contributed by atoms with Crippen molar-refractivity contribution in [3.05, 3.63) is 29.8 Å². The van der Waals surface area contributed by atoms with Crippen molar-refractivity contribution in [3.8, 4) is 0 Å². The van der Waals surface area contributed by atoms with Gasteiger partial charge in [-0.2, -0.15) is 0 Å². The molecule has 0 unspecified atom stereocenters. The van der Waals surface area contributed by atoms with Gasteiger partial charge in [0.15, 0.2) is 5.78 Å². The number of ketones is 1. The van der Waals surface area contributed by atoms with Gasteiger partial charge in [-0.25, -0.2) is 0 Å². The van der Waals surface area contributed by atoms with Gasteiger partial charge in [-0.05, 0) is 19.1 Å². The minimum absolute atomic E-state index is 0.181. The molecule has 0 aliphatic heterocycles. The first-order chi connectivity index (χ1) is 8.95. The van der Waals surface area contributed by atoms with Crippen LogP contribution in [0.4, 0.5) is 5.69 Å². The maximum atomic E-state index is 11.6. The lowest BCUT2D eigenvalue weighted by molar-refractivity contribution is -0.138.